The molecule has 0 bridgehead atoms. The van der Waals surface area contributed by atoms with Gasteiger partial charge >= 0.3 is 29.3 Å². The topological polar surface area (TPSA) is 388 Å². The van der Waals surface area contributed by atoms with Crippen LogP contribution in [0.25, 0.3) is 28.4 Å². The van der Waals surface area contributed by atoms with E-state index in [0.29, 0.717) is 5.56 Å². The molecule has 25 nitrogen and oxygen atoms in total. The van der Waals surface area contributed by atoms with E-state index < -0.39 is 136 Å². The van der Waals surface area contributed by atoms with Gasteiger partial charge in [0.2, 0.25) is 18.3 Å². The number of hydrogen-bond donors (Lipinski definition) is 12. The SMILES string of the molecule is COc1cc(/C=C/C(=O)OCC2O[C@@H](Oc3cc4c(O[C@@H]5OC(COC(=O)CC(=O)O)[C@@H](O)[C@H](O)C5O)cc(O)cc4[o+]c3-c3ccc(O)cc3)C(O[C@@H]3OC[C@@H](O)C(O)[C@H]3O)C(O)[C@@H]2O)ccc1O. The third-order valence-electron chi connectivity index (χ3n) is 11.2. The molecule has 0 amide bonds. The quantitative estimate of drug-likeness (QED) is 0.0266. The number of rotatable bonds is 16. The van der Waals surface area contributed by atoms with Crippen LogP contribution in [-0.2, 0) is 42.8 Å². The first-order valence-corrected chi connectivity index (χ1v) is 21.2. The number of hydrogen-bond acceptors (Lipinski definition) is 23. The van der Waals surface area contributed by atoms with Gasteiger partial charge in [-0.1, -0.05) is 6.07 Å². The molecule has 0 aliphatic carbocycles. The number of benzene rings is 3. The first-order chi connectivity index (χ1) is 33.3. The van der Waals surface area contributed by atoms with Crippen molar-refractivity contribution in [1.29, 1.82) is 0 Å². The van der Waals surface area contributed by atoms with Gasteiger partial charge in [0.25, 0.3) is 0 Å². The number of aliphatic hydroxyl groups excluding tert-OH is 8. The number of carboxylic acids is 1. The molecule has 4 aromatic rings. The fourth-order valence-electron chi connectivity index (χ4n) is 7.43. The minimum absolute atomic E-state index is 0.0864. The second-order valence-corrected chi connectivity index (χ2v) is 16.1. The summed E-state index contributed by atoms with van der Waals surface area (Å²) in [6.07, 6.45) is -24.3. The van der Waals surface area contributed by atoms with Crippen LogP contribution in [0.15, 0.2) is 71.2 Å². The number of phenols is 3. The number of ether oxygens (including phenoxy) is 9. The van der Waals surface area contributed by atoms with Crippen LogP contribution >= 0.6 is 0 Å². The highest BCUT2D eigenvalue weighted by Crippen LogP contribution is 2.43. The molecule has 3 aliphatic rings. The van der Waals surface area contributed by atoms with Crippen molar-refractivity contribution in [1.82, 2.24) is 0 Å². The molecule has 4 heterocycles. The summed E-state index contributed by atoms with van der Waals surface area (Å²) in [5, 5.41) is 126. The number of aliphatic hydroxyl groups is 8. The van der Waals surface area contributed by atoms with Gasteiger partial charge in [-0.25, -0.2) is 9.21 Å². The van der Waals surface area contributed by atoms with Crippen molar-refractivity contribution in [2.45, 2.75) is 92.4 Å². The zero-order valence-corrected chi connectivity index (χ0v) is 36.5. The normalized spacial score (nSPS) is 30.1. The second kappa shape index (κ2) is 22.1. The molecule has 3 aliphatic heterocycles. The summed E-state index contributed by atoms with van der Waals surface area (Å²) in [4.78, 5) is 35.8. The molecular weight excluding hydrogens is 940 g/mol. The summed E-state index contributed by atoms with van der Waals surface area (Å²) >= 11 is 0. The molecular formula is C45H49O25+. The number of carboxylic acid groups (broad SMARTS) is 1. The highest BCUT2D eigenvalue weighted by Gasteiger charge is 2.51. The van der Waals surface area contributed by atoms with Crippen molar-refractivity contribution in [3.63, 3.8) is 0 Å². The average molecular weight is 990 g/mol. The average Bonchev–Trinajstić information content (AvgIpc) is 3.32. The van der Waals surface area contributed by atoms with Crippen molar-refractivity contribution >= 4 is 35.0 Å². The fourth-order valence-corrected chi connectivity index (χ4v) is 7.43. The van der Waals surface area contributed by atoms with Gasteiger partial charge < -0.3 is 104 Å². The molecule has 70 heavy (non-hydrogen) atoms. The Labute approximate surface area is 394 Å². The van der Waals surface area contributed by atoms with E-state index in [1.165, 1.54) is 61.7 Å². The van der Waals surface area contributed by atoms with Gasteiger partial charge in [0, 0.05) is 18.2 Å². The number of aromatic hydroxyl groups is 3. The van der Waals surface area contributed by atoms with E-state index >= 15 is 0 Å². The monoisotopic (exact) mass is 989 g/mol. The van der Waals surface area contributed by atoms with Crippen LogP contribution in [0, 0.1) is 0 Å². The Morgan fingerprint density at radius 3 is 2.04 bits per heavy atom. The highest BCUT2D eigenvalue weighted by atomic mass is 16.8. The first kappa shape index (κ1) is 51.4. The lowest BCUT2D eigenvalue weighted by Gasteiger charge is -2.44. The summed E-state index contributed by atoms with van der Waals surface area (Å²) < 4.78 is 56.8. The van der Waals surface area contributed by atoms with Crippen molar-refractivity contribution in [3.05, 3.63) is 72.3 Å². The van der Waals surface area contributed by atoms with Crippen LogP contribution in [-0.4, -0.2) is 192 Å². The van der Waals surface area contributed by atoms with E-state index in [4.69, 9.17) is 52.2 Å². The summed E-state index contributed by atoms with van der Waals surface area (Å²) in [6, 6.07) is 13.0. The van der Waals surface area contributed by atoms with E-state index in [-0.39, 0.29) is 51.0 Å². The molecule has 3 fully saturated rings. The summed E-state index contributed by atoms with van der Waals surface area (Å²) in [5.41, 5.74) is 0.478. The minimum Gasteiger partial charge on any atom is -0.508 e. The van der Waals surface area contributed by atoms with Gasteiger partial charge in [0.1, 0.15) is 103 Å². The van der Waals surface area contributed by atoms with E-state index in [1.807, 2.05) is 0 Å². The molecule has 6 unspecified atom stereocenters. The number of fused-ring (bicyclic) bond motifs is 1. The Morgan fingerprint density at radius 1 is 0.686 bits per heavy atom. The maximum Gasteiger partial charge on any atom is 0.402 e. The molecule has 7 rings (SSSR count). The number of esters is 2. The van der Waals surface area contributed by atoms with Crippen LogP contribution < -0.4 is 14.2 Å². The predicted octanol–water partition coefficient (Wildman–Crippen LogP) is -1.38. The maximum atomic E-state index is 12.9. The van der Waals surface area contributed by atoms with Gasteiger partial charge in [-0.2, -0.15) is 0 Å². The molecule has 25 heteroatoms. The van der Waals surface area contributed by atoms with Gasteiger partial charge in [0.15, 0.2) is 23.9 Å². The van der Waals surface area contributed by atoms with E-state index in [0.717, 1.165) is 18.2 Å². The molecule has 0 radical (unpaired) electrons. The molecule has 0 spiro atoms. The standard InChI is InChI=1S/C45H48O25/c1-61-27-10-18(2-8-23(27)48)3-9-32(52)62-16-30-36(56)38(58)42(70-43-39(59)34(54)24(49)15-64-43)45(69-30)67-28-13-22-25(65-41(28)19-4-6-20(46)7-5-19)11-21(47)12-26(22)66-44-40(60)37(57)35(55)29(68-44)17-63-33(53)14-31(50)51/h2-13,24,29-30,34-40,42-45,49,54-60H,14-17H2,1H3,(H3-,46,47,48,50,51,52)/p+1/t24-,29?,30?,34?,35-,36-,37+,38?,39-,40?,42?,43+,44-,45-/m1/s1. The maximum absolute atomic E-state index is 12.9. The Bertz CT molecular complexity index is 2520. The van der Waals surface area contributed by atoms with Crippen LogP contribution in [0.2, 0.25) is 0 Å². The van der Waals surface area contributed by atoms with Crippen LogP contribution in [0.5, 0.6) is 34.5 Å². The molecule has 1 aromatic heterocycles. The first-order valence-electron chi connectivity index (χ1n) is 21.2. The Balaban J connectivity index is 1.23. The van der Waals surface area contributed by atoms with Crippen LogP contribution in [0.1, 0.15) is 12.0 Å². The molecule has 3 saturated heterocycles. The van der Waals surface area contributed by atoms with E-state index in [1.54, 1.807) is 0 Å². The number of aliphatic carboxylic acids is 1. The van der Waals surface area contributed by atoms with E-state index in [9.17, 15) is 70.6 Å². The molecule has 0 saturated carbocycles. The zero-order valence-electron chi connectivity index (χ0n) is 36.5. The molecule has 3 aromatic carbocycles. The third-order valence-corrected chi connectivity index (χ3v) is 11.2. The minimum atomic E-state index is -2.02. The van der Waals surface area contributed by atoms with Crippen molar-refractivity contribution < 1.29 is 123 Å². The molecule has 14 atom stereocenters. The summed E-state index contributed by atoms with van der Waals surface area (Å²) in [6.45, 7) is -2.06. The van der Waals surface area contributed by atoms with Gasteiger partial charge in [-0.05, 0) is 48.0 Å². The van der Waals surface area contributed by atoms with Gasteiger partial charge in [-0.15, -0.1) is 0 Å². The third kappa shape index (κ3) is 11.8. The van der Waals surface area contributed by atoms with Crippen LogP contribution in [0.3, 0.4) is 0 Å². The number of carbonyl (C=O) groups is 3. The van der Waals surface area contributed by atoms with Crippen molar-refractivity contribution in [2.24, 2.45) is 0 Å². The number of methoxy groups -OCH3 is 1. The predicted molar refractivity (Wildman–Crippen MR) is 228 cm³/mol. The second-order valence-electron chi connectivity index (χ2n) is 16.1. The zero-order chi connectivity index (χ0) is 50.6. The Morgan fingerprint density at radius 2 is 1.34 bits per heavy atom. The van der Waals surface area contributed by atoms with Gasteiger partial charge in [-0.3, -0.25) is 9.59 Å². The Hall–Kier alpha value is -6.46. The highest BCUT2D eigenvalue weighted by molar-refractivity contribution is 5.90. The van der Waals surface area contributed by atoms with Crippen molar-refractivity contribution in [3.8, 4) is 45.8 Å². The summed E-state index contributed by atoms with van der Waals surface area (Å²) in [5.74, 6) is -5.17. The number of phenolic OH excluding ortho intramolecular Hbond substituents is 3. The molecule has 378 valence electrons. The lowest BCUT2D eigenvalue weighted by atomic mass is 9.98. The number of carbonyl (C=O) groups excluding carboxylic acids is 2. The van der Waals surface area contributed by atoms with Gasteiger partial charge in [0.05, 0.1) is 25.3 Å². The largest absolute Gasteiger partial charge is 0.508 e. The van der Waals surface area contributed by atoms with E-state index in [2.05, 4.69) is 0 Å². The smallest absolute Gasteiger partial charge is 0.402 e. The van der Waals surface area contributed by atoms with Crippen molar-refractivity contribution in [2.75, 3.05) is 26.9 Å². The van der Waals surface area contributed by atoms with Crippen LogP contribution in [0.4, 0.5) is 0 Å². The lowest BCUT2D eigenvalue weighted by molar-refractivity contribution is -0.345. The fraction of sp³-hybridized carbons (Fsp3) is 0.422. The summed E-state index contributed by atoms with van der Waals surface area (Å²) in [7, 11) is 1.33. The molecule has 12 N–H and O–H groups in total. The Kier molecular flexibility index (Phi) is 16.2. The lowest BCUT2D eigenvalue weighted by Crippen LogP contribution is -2.64.